The molecule has 0 amide bonds. The summed E-state index contributed by atoms with van der Waals surface area (Å²) in [6.45, 7) is 10.9. The highest BCUT2D eigenvalue weighted by Crippen LogP contribution is 2.53. The van der Waals surface area contributed by atoms with Crippen molar-refractivity contribution >= 4 is 163 Å². The first kappa shape index (κ1) is 83.5. The number of hydrogen-bond donors (Lipinski definition) is 0. The van der Waals surface area contributed by atoms with Gasteiger partial charge in [0.1, 0.15) is 0 Å². The number of nitrogens with zero attached hydrogens (tertiary/aromatic N) is 8. The zero-order valence-electron chi connectivity index (χ0n) is 72.5. The van der Waals surface area contributed by atoms with Crippen LogP contribution in [0.3, 0.4) is 0 Å². The van der Waals surface area contributed by atoms with Gasteiger partial charge in [-0.15, -0.1) is 0 Å². The summed E-state index contributed by atoms with van der Waals surface area (Å²) in [5.74, 6) is 0. The van der Waals surface area contributed by atoms with Crippen molar-refractivity contribution in [2.75, 3.05) is 0 Å². The van der Waals surface area contributed by atoms with E-state index in [2.05, 4.69) is 338 Å². The third-order valence-electron chi connectivity index (χ3n) is 28.7. The van der Waals surface area contributed by atoms with Gasteiger partial charge >= 0.3 is 0 Å². The summed E-state index contributed by atoms with van der Waals surface area (Å²) in [6.07, 6.45) is 16.5. The van der Waals surface area contributed by atoms with Gasteiger partial charge in [0, 0.05) is 129 Å². The Kier molecular flexibility index (Phi) is 20.4. The van der Waals surface area contributed by atoms with Crippen LogP contribution in [0.25, 0.3) is 218 Å². The van der Waals surface area contributed by atoms with Crippen LogP contribution in [-0.4, -0.2) is 39.9 Å². The number of hydrogen-bond acceptors (Lipinski definition) is 8. The molecule has 25 aromatic rings. The molecule has 8 heteroatoms. The SMILES string of the molecule is C.C.C.C.Cc1ccc2c(c1)-c1c(cnc3c4ncccc4c4ccccc4c13)C2.Cc1cccc2c1Cc1cnc3c4ncccc4c4ccccc4c3c1-2.Cc1ccnc2c1Cc1ccc3c4ccccc4c4ccccc4c3c1-2.Cc1nc2c3ccccc3c3ccccc3c2c2c1Cc1ccccc1-2.Cc1nc2c3ncccc3c3ccccc3c2c2c1Cc1ccccc1-2. The number of rotatable bonds is 0. The van der Waals surface area contributed by atoms with Gasteiger partial charge in [0.05, 0.1) is 44.3 Å². The van der Waals surface area contributed by atoms with Crippen LogP contribution in [0.2, 0.25) is 0 Å². The second-order valence-electron chi connectivity index (χ2n) is 35.8. The van der Waals surface area contributed by atoms with Crippen molar-refractivity contribution in [3.8, 4) is 55.8 Å². The zero-order valence-corrected chi connectivity index (χ0v) is 72.5. The molecule has 0 aliphatic heterocycles. The third kappa shape index (κ3) is 12.6. The molecule has 0 saturated carbocycles. The van der Waals surface area contributed by atoms with Gasteiger partial charge in [-0.2, -0.15) is 0 Å². The summed E-state index contributed by atoms with van der Waals surface area (Å²) in [6, 6.07) is 111. The second-order valence-corrected chi connectivity index (χ2v) is 35.8. The molecule has 0 spiro atoms. The van der Waals surface area contributed by atoms with Crippen molar-refractivity contribution in [2.24, 2.45) is 0 Å². The summed E-state index contributed by atoms with van der Waals surface area (Å²) in [7, 11) is 0. The van der Waals surface area contributed by atoms with Crippen LogP contribution in [0.5, 0.6) is 0 Å². The van der Waals surface area contributed by atoms with E-state index >= 15 is 0 Å². The highest BCUT2D eigenvalue weighted by Gasteiger charge is 2.32. The number of fused-ring (bicyclic) bond motifs is 50. The van der Waals surface area contributed by atoms with Crippen LogP contribution in [0, 0.1) is 34.6 Å². The molecule has 8 heterocycles. The highest BCUT2D eigenvalue weighted by molar-refractivity contribution is 6.33. The summed E-state index contributed by atoms with van der Waals surface area (Å²) >= 11 is 0. The quantitative estimate of drug-likeness (QED) is 0.138. The Bertz CT molecular complexity index is 8600. The predicted octanol–water partition coefficient (Wildman–Crippen LogP) is 32.8. The van der Waals surface area contributed by atoms with Crippen molar-refractivity contribution in [2.45, 2.75) is 96.4 Å². The lowest BCUT2D eigenvalue weighted by atomic mass is 9.90. The molecule has 17 aromatic carbocycles. The maximum absolute atomic E-state index is 5.11. The largest absolute Gasteiger partial charge is 0.256 e. The summed E-state index contributed by atoms with van der Waals surface area (Å²) in [5.41, 5.74) is 40.6. The molecule has 0 atom stereocenters. The molecule has 8 aromatic heterocycles. The van der Waals surface area contributed by atoms with E-state index in [1.165, 1.54) is 252 Å². The van der Waals surface area contributed by atoms with Gasteiger partial charge in [-0.05, 0) is 251 Å². The Hall–Kier alpha value is -16.2. The molecular formula is C126H98N8. The van der Waals surface area contributed by atoms with E-state index in [1.807, 2.05) is 43.0 Å². The second kappa shape index (κ2) is 32.7. The molecule has 30 rings (SSSR count). The molecule has 642 valence electrons. The topological polar surface area (TPSA) is 103 Å². The molecule has 5 aliphatic carbocycles. The standard InChI is InChI=1S/2C25H17N.3C24H16N2.4CH4/c1-15-22-14-16-8-2-3-9-17(16)23(22)24-20-12-6-4-10-18(20)19-11-5-7-13-21(19)25(24)26-15;1-15-12-13-26-25-22(15)14-16-10-11-21-19-8-3-2-6-17(19)18-7-4-5-9-20(18)24(21)23(16)25;1-14-6-4-9-18-20(14)12-15-13-26-24-22(21(15)18)17-8-3-2-7-16(17)19-10-5-11-25-23(19)24;1-14-20-13-15-7-2-3-8-16(15)21(20)22-18-10-5-4-9-17(18)19-11-6-12-25-23(19)24(22)26-14;1-14-8-9-15-12-16-13-26-24-22(21(16)20(15)11-14)18-6-3-2-5-17(18)19-7-4-10-25-23(19)24;;;;/h2*2-13H,14H2,1H3;2-11,13H,12H2,1H3;2-12H,13H2,1H3;2-11,13H,12H2,1H3;4*1H4. The van der Waals surface area contributed by atoms with Gasteiger partial charge in [-0.1, -0.05) is 320 Å². The molecule has 5 aliphatic rings. The summed E-state index contributed by atoms with van der Waals surface area (Å²) in [5, 5.41) is 29.2. The maximum atomic E-state index is 5.11. The van der Waals surface area contributed by atoms with Crippen LogP contribution in [0.4, 0.5) is 0 Å². The van der Waals surface area contributed by atoms with Crippen molar-refractivity contribution in [3.05, 3.63) is 430 Å². The first-order valence-corrected chi connectivity index (χ1v) is 45.2. The van der Waals surface area contributed by atoms with Crippen LogP contribution in [0.15, 0.2) is 347 Å². The minimum absolute atomic E-state index is 0. The predicted molar refractivity (Wildman–Crippen MR) is 569 cm³/mol. The van der Waals surface area contributed by atoms with E-state index in [0.717, 1.165) is 82.1 Å². The zero-order chi connectivity index (χ0) is 86.3. The van der Waals surface area contributed by atoms with Crippen molar-refractivity contribution in [3.63, 3.8) is 0 Å². The molecule has 0 unspecified atom stereocenters. The van der Waals surface area contributed by atoms with Gasteiger partial charge in [-0.3, -0.25) is 39.9 Å². The summed E-state index contributed by atoms with van der Waals surface area (Å²) < 4.78 is 0. The lowest BCUT2D eigenvalue weighted by molar-refractivity contribution is 1.14. The first-order valence-electron chi connectivity index (χ1n) is 45.2. The van der Waals surface area contributed by atoms with Gasteiger partial charge in [0.2, 0.25) is 0 Å². The van der Waals surface area contributed by atoms with E-state index in [1.54, 1.807) is 0 Å². The Morgan fingerprint density at radius 1 is 0.194 bits per heavy atom. The van der Waals surface area contributed by atoms with E-state index in [4.69, 9.17) is 39.9 Å². The fourth-order valence-corrected chi connectivity index (χ4v) is 22.9. The Balaban J connectivity index is 0.0000000967. The average Bonchev–Trinajstić information content (AvgIpc) is 1.49. The Morgan fingerprint density at radius 3 is 1.05 bits per heavy atom. The third-order valence-corrected chi connectivity index (χ3v) is 28.7. The monoisotopic (exact) mass is 1720 g/mol. The van der Waals surface area contributed by atoms with Crippen molar-refractivity contribution in [1.29, 1.82) is 0 Å². The number of aromatic nitrogens is 8. The average molecular weight is 1720 g/mol. The molecule has 134 heavy (non-hydrogen) atoms. The van der Waals surface area contributed by atoms with Crippen LogP contribution >= 0.6 is 0 Å². The van der Waals surface area contributed by atoms with Crippen molar-refractivity contribution in [1.82, 2.24) is 39.9 Å². The number of benzene rings is 17. The fraction of sp³-hybridized carbons (Fsp3) is 0.111. The molecule has 0 saturated heterocycles. The first-order chi connectivity index (χ1) is 64.1. The highest BCUT2D eigenvalue weighted by atomic mass is 14.8. The van der Waals surface area contributed by atoms with Gasteiger partial charge in [-0.25, -0.2) is 0 Å². The molecule has 0 radical (unpaired) electrons. The van der Waals surface area contributed by atoms with E-state index in [0.29, 0.717) is 0 Å². The molecular weight excluding hydrogens is 1630 g/mol. The van der Waals surface area contributed by atoms with E-state index < -0.39 is 0 Å². The lowest BCUT2D eigenvalue weighted by Gasteiger charge is -2.15. The van der Waals surface area contributed by atoms with E-state index in [9.17, 15) is 0 Å². The van der Waals surface area contributed by atoms with Crippen molar-refractivity contribution < 1.29 is 0 Å². The number of pyridine rings is 8. The molecule has 0 bridgehead atoms. The summed E-state index contributed by atoms with van der Waals surface area (Å²) in [4.78, 5) is 38.8. The van der Waals surface area contributed by atoms with Crippen LogP contribution in [-0.2, 0) is 32.1 Å². The van der Waals surface area contributed by atoms with Crippen LogP contribution in [0.1, 0.15) is 113 Å². The normalized spacial score (nSPS) is 12.3. The fourth-order valence-electron chi connectivity index (χ4n) is 22.9. The van der Waals surface area contributed by atoms with Crippen LogP contribution < -0.4 is 0 Å². The molecule has 8 nitrogen and oxygen atoms in total. The lowest BCUT2D eigenvalue weighted by Crippen LogP contribution is -1.96. The Morgan fingerprint density at radius 2 is 0.537 bits per heavy atom. The minimum Gasteiger partial charge on any atom is -0.256 e. The molecule has 0 fully saturated rings. The molecule has 0 N–H and O–H groups in total. The van der Waals surface area contributed by atoms with E-state index in [-0.39, 0.29) is 29.7 Å². The minimum atomic E-state index is 0. The Labute approximate surface area is 779 Å². The van der Waals surface area contributed by atoms with Gasteiger partial charge < -0.3 is 0 Å². The van der Waals surface area contributed by atoms with Gasteiger partial charge in [0.15, 0.2) is 0 Å². The smallest absolute Gasteiger partial charge is 0.0980 e. The van der Waals surface area contributed by atoms with Gasteiger partial charge in [0.25, 0.3) is 0 Å². The number of aryl methyl sites for hydroxylation is 5. The maximum Gasteiger partial charge on any atom is 0.0980 e.